The molecule has 0 aliphatic heterocycles. The van der Waals surface area contributed by atoms with Crippen LogP contribution >= 0.6 is 0 Å². The lowest BCUT2D eigenvalue weighted by molar-refractivity contribution is 0.343. The fraction of sp³-hybridized carbons (Fsp3) is 0.818. The van der Waals surface area contributed by atoms with Gasteiger partial charge in [-0.05, 0) is 37.5 Å². The van der Waals surface area contributed by atoms with E-state index in [4.69, 9.17) is 0 Å². The maximum Gasteiger partial charge on any atom is -0.0348 e. The highest BCUT2D eigenvalue weighted by Crippen LogP contribution is 2.38. The third-order valence-corrected chi connectivity index (χ3v) is 3.39. The van der Waals surface area contributed by atoms with E-state index in [0.29, 0.717) is 0 Å². The summed E-state index contributed by atoms with van der Waals surface area (Å²) in [5.74, 6) is 2.19. The zero-order valence-electron chi connectivity index (χ0n) is 7.26. The van der Waals surface area contributed by atoms with Crippen molar-refractivity contribution in [2.45, 2.75) is 44.9 Å². The largest absolute Gasteiger partial charge is 0.0885 e. The van der Waals surface area contributed by atoms with Crippen LogP contribution in [0.1, 0.15) is 44.9 Å². The SMILES string of the molecule is C1=C/CCC2CCCC2CC/1. The minimum absolute atomic E-state index is 1.10. The summed E-state index contributed by atoms with van der Waals surface area (Å²) in [5.41, 5.74) is 0. The summed E-state index contributed by atoms with van der Waals surface area (Å²) in [4.78, 5) is 0. The van der Waals surface area contributed by atoms with E-state index >= 15 is 0 Å². The van der Waals surface area contributed by atoms with Crippen molar-refractivity contribution in [2.75, 3.05) is 0 Å². The van der Waals surface area contributed by atoms with Crippen molar-refractivity contribution < 1.29 is 0 Å². The molecule has 0 bridgehead atoms. The molecule has 0 aromatic heterocycles. The highest BCUT2D eigenvalue weighted by Gasteiger charge is 2.26. The molecule has 0 aromatic rings. The summed E-state index contributed by atoms with van der Waals surface area (Å²) in [6.07, 6.45) is 15.0. The smallest absolute Gasteiger partial charge is 0.0348 e. The van der Waals surface area contributed by atoms with Crippen LogP contribution in [0.15, 0.2) is 12.2 Å². The standard InChI is InChI=1S/C11H18/c1-2-4-7-11-9-5-8-10(11)6-3-1/h1-2,10-11H,3-9H2/b2-1+. The zero-order chi connectivity index (χ0) is 7.52. The highest BCUT2D eigenvalue weighted by molar-refractivity contribution is 4.89. The Bertz CT molecular complexity index is 130. The Hall–Kier alpha value is -0.260. The Morgan fingerprint density at radius 2 is 1.27 bits per heavy atom. The maximum absolute atomic E-state index is 2.38. The molecule has 2 rings (SSSR count). The van der Waals surface area contributed by atoms with Gasteiger partial charge in [0.05, 0.1) is 0 Å². The maximum atomic E-state index is 2.38. The fourth-order valence-electron chi connectivity index (χ4n) is 2.73. The predicted molar refractivity (Wildman–Crippen MR) is 48.4 cm³/mol. The van der Waals surface area contributed by atoms with E-state index in [0.717, 1.165) is 11.8 Å². The first-order chi connectivity index (χ1) is 5.47. The highest BCUT2D eigenvalue weighted by atomic mass is 14.3. The van der Waals surface area contributed by atoms with Gasteiger partial charge in [-0.1, -0.05) is 31.4 Å². The molecule has 0 nitrogen and oxygen atoms in total. The molecular formula is C11H18. The number of allylic oxidation sites excluding steroid dienone is 2. The van der Waals surface area contributed by atoms with Gasteiger partial charge >= 0.3 is 0 Å². The van der Waals surface area contributed by atoms with Crippen LogP contribution in [0.25, 0.3) is 0 Å². The molecule has 2 atom stereocenters. The molecule has 0 saturated heterocycles. The number of hydrogen-bond donors (Lipinski definition) is 0. The Morgan fingerprint density at radius 1 is 0.727 bits per heavy atom. The molecule has 0 N–H and O–H groups in total. The molecule has 2 aliphatic rings. The van der Waals surface area contributed by atoms with Crippen molar-refractivity contribution in [3.63, 3.8) is 0 Å². The lowest BCUT2D eigenvalue weighted by atomic mass is 9.86. The molecule has 62 valence electrons. The lowest BCUT2D eigenvalue weighted by Gasteiger charge is -2.19. The summed E-state index contributed by atoms with van der Waals surface area (Å²) < 4.78 is 0. The van der Waals surface area contributed by atoms with E-state index < -0.39 is 0 Å². The molecule has 1 saturated carbocycles. The molecule has 0 spiro atoms. The van der Waals surface area contributed by atoms with Crippen LogP contribution in [0, 0.1) is 11.8 Å². The van der Waals surface area contributed by atoms with Crippen LogP contribution in [-0.2, 0) is 0 Å². The van der Waals surface area contributed by atoms with Gasteiger partial charge in [0.15, 0.2) is 0 Å². The van der Waals surface area contributed by atoms with E-state index in [1.165, 1.54) is 44.9 Å². The average molecular weight is 150 g/mol. The third-order valence-electron chi connectivity index (χ3n) is 3.39. The first-order valence-electron chi connectivity index (χ1n) is 5.12. The molecule has 11 heavy (non-hydrogen) atoms. The molecule has 1 fully saturated rings. The molecule has 0 amide bonds. The molecule has 0 radical (unpaired) electrons. The van der Waals surface area contributed by atoms with Gasteiger partial charge in [-0.2, -0.15) is 0 Å². The Balaban J connectivity index is 1.97. The second kappa shape index (κ2) is 3.42. The van der Waals surface area contributed by atoms with Gasteiger partial charge in [0.1, 0.15) is 0 Å². The monoisotopic (exact) mass is 150 g/mol. The van der Waals surface area contributed by atoms with Crippen LogP contribution in [0.2, 0.25) is 0 Å². The molecule has 0 heterocycles. The van der Waals surface area contributed by atoms with Crippen LogP contribution in [0.4, 0.5) is 0 Å². The van der Waals surface area contributed by atoms with Gasteiger partial charge in [-0.15, -0.1) is 0 Å². The lowest BCUT2D eigenvalue weighted by Crippen LogP contribution is -2.08. The van der Waals surface area contributed by atoms with E-state index in [1.807, 2.05) is 0 Å². The second-order valence-corrected chi connectivity index (χ2v) is 4.08. The molecule has 2 aliphatic carbocycles. The Kier molecular flexibility index (Phi) is 2.30. The minimum Gasteiger partial charge on any atom is -0.0885 e. The summed E-state index contributed by atoms with van der Waals surface area (Å²) in [6, 6.07) is 0. The quantitative estimate of drug-likeness (QED) is 0.463. The van der Waals surface area contributed by atoms with Gasteiger partial charge in [0.25, 0.3) is 0 Å². The van der Waals surface area contributed by atoms with Gasteiger partial charge in [-0.3, -0.25) is 0 Å². The van der Waals surface area contributed by atoms with Gasteiger partial charge in [-0.25, -0.2) is 0 Å². The number of rotatable bonds is 0. The molecular weight excluding hydrogens is 132 g/mol. The predicted octanol–water partition coefficient (Wildman–Crippen LogP) is 3.53. The van der Waals surface area contributed by atoms with Crippen molar-refractivity contribution in [2.24, 2.45) is 11.8 Å². The van der Waals surface area contributed by atoms with Crippen LogP contribution in [0.3, 0.4) is 0 Å². The fourth-order valence-corrected chi connectivity index (χ4v) is 2.73. The second-order valence-electron chi connectivity index (χ2n) is 4.08. The van der Waals surface area contributed by atoms with Gasteiger partial charge in [0.2, 0.25) is 0 Å². The Labute approximate surface area is 69.7 Å². The zero-order valence-corrected chi connectivity index (χ0v) is 7.26. The van der Waals surface area contributed by atoms with Crippen LogP contribution in [0.5, 0.6) is 0 Å². The van der Waals surface area contributed by atoms with E-state index in [1.54, 1.807) is 0 Å². The summed E-state index contributed by atoms with van der Waals surface area (Å²) in [7, 11) is 0. The van der Waals surface area contributed by atoms with E-state index in [2.05, 4.69) is 12.2 Å². The van der Waals surface area contributed by atoms with Crippen molar-refractivity contribution in [3.05, 3.63) is 12.2 Å². The number of fused-ring (bicyclic) bond motifs is 1. The van der Waals surface area contributed by atoms with Crippen molar-refractivity contribution in [1.29, 1.82) is 0 Å². The summed E-state index contributed by atoms with van der Waals surface area (Å²) in [5, 5.41) is 0. The normalized spacial score (nSPS) is 40.7. The van der Waals surface area contributed by atoms with Crippen molar-refractivity contribution in [1.82, 2.24) is 0 Å². The van der Waals surface area contributed by atoms with Crippen LogP contribution < -0.4 is 0 Å². The molecule has 0 heteroatoms. The average Bonchev–Trinajstić information content (AvgIpc) is 2.35. The van der Waals surface area contributed by atoms with Crippen molar-refractivity contribution >= 4 is 0 Å². The van der Waals surface area contributed by atoms with Gasteiger partial charge < -0.3 is 0 Å². The van der Waals surface area contributed by atoms with Gasteiger partial charge in [0, 0.05) is 0 Å². The Morgan fingerprint density at radius 3 is 1.82 bits per heavy atom. The van der Waals surface area contributed by atoms with Crippen molar-refractivity contribution in [3.8, 4) is 0 Å². The minimum atomic E-state index is 1.10. The number of hydrogen-bond acceptors (Lipinski definition) is 0. The van der Waals surface area contributed by atoms with E-state index in [9.17, 15) is 0 Å². The van der Waals surface area contributed by atoms with E-state index in [-0.39, 0.29) is 0 Å². The first-order valence-corrected chi connectivity index (χ1v) is 5.12. The third kappa shape index (κ3) is 1.66. The molecule has 2 unspecified atom stereocenters. The molecule has 0 aromatic carbocycles. The topological polar surface area (TPSA) is 0 Å². The summed E-state index contributed by atoms with van der Waals surface area (Å²) in [6.45, 7) is 0. The summed E-state index contributed by atoms with van der Waals surface area (Å²) >= 11 is 0. The van der Waals surface area contributed by atoms with Crippen LogP contribution in [-0.4, -0.2) is 0 Å². The first kappa shape index (κ1) is 7.39.